The van der Waals surface area contributed by atoms with Crippen molar-refractivity contribution in [1.29, 1.82) is 0 Å². The minimum Gasteiger partial charge on any atom is -0.393 e. The van der Waals surface area contributed by atoms with Crippen LogP contribution in [0.4, 0.5) is 13.2 Å². The first-order valence-corrected chi connectivity index (χ1v) is 8.34. The molecular formula is C18H22F3NO2. The maximum absolute atomic E-state index is 12.6. The Kier molecular flexibility index (Phi) is 4.60. The summed E-state index contributed by atoms with van der Waals surface area (Å²) in [5.74, 6) is 0.915. The van der Waals surface area contributed by atoms with E-state index < -0.39 is 11.7 Å². The second kappa shape index (κ2) is 6.39. The quantitative estimate of drug-likeness (QED) is 0.917. The first-order chi connectivity index (χ1) is 11.2. The number of nitrogens with zero attached hydrogens (tertiary/aromatic N) is 1. The molecule has 3 nitrogen and oxygen atoms in total. The van der Waals surface area contributed by atoms with Gasteiger partial charge in [-0.05, 0) is 55.2 Å². The lowest BCUT2D eigenvalue weighted by Crippen LogP contribution is -2.37. The molecule has 0 spiro atoms. The van der Waals surface area contributed by atoms with Gasteiger partial charge >= 0.3 is 6.18 Å². The number of halogens is 3. The van der Waals surface area contributed by atoms with Crippen molar-refractivity contribution >= 4 is 5.91 Å². The van der Waals surface area contributed by atoms with Crippen molar-refractivity contribution in [3.63, 3.8) is 0 Å². The smallest absolute Gasteiger partial charge is 0.393 e. The fourth-order valence-corrected chi connectivity index (χ4v) is 4.18. The van der Waals surface area contributed by atoms with Gasteiger partial charge < -0.3 is 10.0 Å². The first-order valence-electron chi connectivity index (χ1n) is 8.34. The molecule has 0 saturated heterocycles. The summed E-state index contributed by atoms with van der Waals surface area (Å²) in [4.78, 5) is 14.2. The van der Waals surface area contributed by atoms with Gasteiger partial charge in [-0.25, -0.2) is 0 Å². The van der Waals surface area contributed by atoms with Gasteiger partial charge in [0.15, 0.2) is 0 Å². The predicted octanol–water partition coefficient (Wildman–Crippen LogP) is 3.26. The minimum atomic E-state index is -4.36. The molecule has 6 heteroatoms. The molecule has 0 aromatic heterocycles. The molecule has 2 aliphatic rings. The zero-order valence-electron chi connectivity index (χ0n) is 13.6. The van der Waals surface area contributed by atoms with Crippen molar-refractivity contribution in [1.82, 2.24) is 4.90 Å². The lowest BCUT2D eigenvalue weighted by Gasteiger charge is -2.26. The number of aliphatic hydroxyl groups excluding tert-OH is 1. The maximum atomic E-state index is 12.6. The molecule has 0 heterocycles. The Hall–Kier alpha value is -1.56. The van der Waals surface area contributed by atoms with Crippen LogP contribution in [0.1, 0.15) is 36.8 Å². The number of rotatable bonds is 3. The zero-order chi connectivity index (χ0) is 17.5. The number of carbonyl (C=O) groups is 1. The Morgan fingerprint density at radius 1 is 1.12 bits per heavy atom. The van der Waals surface area contributed by atoms with Crippen LogP contribution in [0.3, 0.4) is 0 Å². The monoisotopic (exact) mass is 341 g/mol. The van der Waals surface area contributed by atoms with Crippen LogP contribution in [-0.4, -0.2) is 35.1 Å². The predicted molar refractivity (Wildman–Crippen MR) is 83.2 cm³/mol. The van der Waals surface area contributed by atoms with Crippen molar-refractivity contribution in [2.75, 3.05) is 7.05 Å². The van der Waals surface area contributed by atoms with E-state index >= 15 is 0 Å². The molecule has 2 unspecified atom stereocenters. The van der Waals surface area contributed by atoms with E-state index in [1.165, 1.54) is 12.1 Å². The summed E-state index contributed by atoms with van der Waals surface area (Å²) in [6.45, 7) is 0. The molecule has 1 aromatic rings. The molecule has 4 atom stereocenters. The van der Waals surface area contributed by atoms with Crippen molar-refractivity contribution in [2.45, 2.75) is 50.4 Å². The molecule has 1 amide bonds. The number of amides is 1. The molecule has 2 saturated carbocycles. The van der Waals surface area contributed by atoms with Crippen molar-refractivity contribution in [3.05, 3.63) is 35.4 Å². The summed E-state index contributed by atoms with van der Waals surface area (Å²) < 4.78 is 37.7. The number of hydrogen-bond acceptors (Lipinski definition) is 2. The number of likely N-dealkylation sites (N-methyl/N-ethyl adjacent to an activating group) is 1. The second-order valence-electron chi connectivity index (χ2n) is 7.15. The van der Waals surface area contributed by atoms with E-state index in [1.807, 2.05) is 0 Å². The van der Waals surface area contributed by atoms with Gasteiger partial charge in [0.2, 0.25) is 5.91 Å². The Morgan fingerprint density at radius 3 is 2.17 bits per heavy atom. The van der Waals surface area contributed by atoms with Crippen molar-refractivity contribution < 1.29 is 23.1 Å². The van der Waals surface area contributed by atoms with Gasteiger partial charge in [0.25, 0.3) is 0 Å². The van der Waals surface area contributed by atoms with Crippen LogP contribution in [-0.2, 0) is 17.4 Å². The average Bonchev–Trinajstić information content (AvgIpc) is 3.03. The Labute approximate surface area is 139 Å². The fourth-order valence-electron chi connectivity index (χ4n) is 4.18. The molecule has 1 aromatic carbocycles. The lowest BCUT2D eigenvalue weighted by atomic mass is 10.0. The Balaban J connectivity index is 1.57. The molecule has 132 valence electrons. The average molecular weight is 341 g/mol. The summed E-state index contributed by atoms with van der Waals surface area (Å²) in [5, 5.41) is 9.68. The number of fused-ring (bicyclic) bond motifs is 1. The summed E-state index contributed by atoms with van der Waals surface area (Å²) in [5.41, 5.74) is -0.109. The third-order valence-electron chi connectivity index (χ3n) is 5.54. The van der Waals surface area contributed by atoms with E-state index in [0.717, 1.165) is 37.8 Å². The van der Waals surface area contributed by atoms with Crippen molar-refractivity contribution in [2.24, 2.45) is 11.8 Å². The molecule has 2 fully saturated rings. The molecule has 3 rings (SSSR count). The summed E-state index contributed by atoms with van der Waals surface area (Å²) in [6, 6.07) is 4.95. The van der Waals surface area contributed by atoms with E-state index in [4.69, 9.17) is 0 Å². The van der Waals surface area contributed by atoms with Crippen molar-refractivity contribution in [3.8, 4) is 0 Å². The molecule has 24 heavy (non-hydrogen) atoms. The van der Waals surface area contributed by atoms with Gasteiger partial charge in [-0.15, -0.1) is 0 Å². The molecule has 0 radical (unpaired) electrons. The van der Waals surface area contributed by atoms with Crippen LogP contribution in [0.2, 0.25) is 0 Å². The van der Waals surface area contributed by atoms with Gasteiger partial charge in [-0.1, -0.05) is 12.1 Å². The zero-order valence-corrected chi connectivity index (χ0v) is 13.6. The summed E-state index contributed by atoms with van der Waals surface area (Å²) in [7, 11) is 1.77. The largest absolute Gasteiger partial charge is 0.416 e. The third-order valence-corrected chi connectivity index (χ3v) is 5.54. The van der Waals surface area contributed by atoms with Gasteiger partial charge in [0, 0.05) is 13.1 Å². The summed E-state index contributed by atoms with van der Waals surface area (Å²) in [6.07, 6.45) is -0.971. The normalized spacial score (nSPS) is 29.5. The van der Waals surface area contributed by atoms with E-state index in [2.05, 4.69) is 0 Å². The highest BCUT2D eigenvalue weighted by molar-refractivity contribution is 5.78. The molecule has 2 aliphatic carbocycles. The van der Waals surface area contributed by atoms with Crippen LogP contribution in [0, 0.1) is 11.8 Å². The highest BCUT2D eigenvalue weighted by Crippen LogP contribution is 2.45. The molecule has 1 N–H and O–H groups in total. The van der Waals surface area contributed by atoms with E-state index in [0.29, 0.717) is 17.4 Å². The molecule has 0 bridgehead atoms. The third kappa shape index (κ3) is 3.58. The Morgan fingerprint density at radius 2 is 1.67 bits per heavy atom. The molecular weight excluding hydrogens is 319 g/mol. The fraction of sp³-hybridized carbons (Fsp3) is 0.611. The number of carbonyl (C=O) groups excluding carboxylic acids is 1. The summed E-state index contributed by atoms with van der Waals surface area (Å²) >= 11 is 0. The van der Waals surface area contributed by atoms with Crippen LogP contribution >= 0.6 is 0 Å². The standard InChI is InChI=1S/C18H22F3NO2/c1-22(15-7-12-9-16(23)10-13(12)8-15)17(24)6-11-2-4-14(5-3-11)18(19,20)21/h2-5,12-13,15-16,23H,6-10H2,1H3/t12-,13+,15?,16?. The minimum absolute atomic E-state index is 0.0692. The van der Waals surface area contributed by atoms with Gasteiger partial charge in [0.1, 0.15) is 0 Å². The first kappa shape index (κ1) is 17.3. The lowest BCUT2D eigenvalue weighted by molar-refractivity contribution is -0.137. The number of hydrogen-bond donors (Lipinski definition) is 1. The second-order valence-corrected chi connectivity index (χ2v) is 7.15. The van der Waals surface area contributed by atoms with Gasteiger partial charge in [-0.2, -0.15) is 13.2 Å². The van der Waals surface area contributed by atoms with Crippen LogP contribution in [0.15, 0.2) is 24.3 Å². The van der Waals surface area contributed by atoms with E-state index in [9.17, 15) is 23.1 Å². The van der Waals surface area contributed by atoms with E-state index in [-0.39, 0.29) is 24.5 Å². The van der Waals surface area contributed by atoms with E-state index in [1.54, 1.807) is 11.9 Å². The number of alkyl halides is 3. The Bertz CT molecular complexity index is 585. The topological polar surface area (TPSA) is 40.5 Å². The highest BCUT2D eigenvalue weighted by Gasteiger charge is 2.43. The van der Waals surface area contributed by atoms with Gasteiger partial charge in [0.05, 0.1) is 18.1 Å². The van der Waals surface area contributed by atoms with Crippen LogP contribution in [0.5, 0.6) is 0 Å². The van der Waals surface area contributed by atoms with Gasteiger partial charge in [-0.3, -0.25) is 4.79 Å². The molecule has 0 aliphatic heterocycles. The number of benzene rings is 1. The van der Waals surface area contributed by atoms with Crippen LogP contribution in [0.25, 0.3) is 0 Å². The highest BCUT2D eigenvalue weighted by atomic mass is 19.4. The maximum Gasteiger partial charge on any atom is 0.416 e. The SMILES string of the molecule is CN(C(=O)Cc1ccc(C(F)(F)F)cc1)C1C[C@H]2CC(O)C[C@H]2C1. The number of aliphatic hydroxyl groups is 1. The van der Waals surface area contributed by atoms with Crippen LogP contribution < -0.4 is 0 Å².